The molecule has 0 aliphatic carbocycles. The Morgan fingerprint density at radius 2 is 0.887 bits per heavy atom. The van der Waals surface area contributed by atoms with Gasteiger partial charge in [0.15, 0.2) is 0 Å². The number of esters is 1. The van der Waals surface area contributed by atoms with Crippen LogP contribution in [0.2, 0.25) is 0 Å². The number of carbonyl (C=O) groups excluding carboxylic acids is 2. The van der Waals surface area contributed by atoms with Gasteiger partial charge in [-0.1, -0.05) is 117 Å². The van der Waals surface area contributed by atoms with Crippen LogP contribution in [0.25, 0.3) is 11.6 Å². The molecule has 0 fully saturated rings. The molecule has 0 N–H and O–H groups in total. The Morgan fingerprint density at radius 1 is 0.500 bits per heavy atom. The normalized spacial score (nSPS) is 11.4. The third-order valence-electron chi connectivity index (χ3n) is 10.8. The van der Waals surface area contributed by atoms with Crippen LogP contribution in [0.5, 0.6) is 23.0 Å². The first-order chi connectivity index (χ1) is 30.0. The third kappa shape index (κ3) is 10.5. The molecule has 0 spiro atoms. The molecule has 7 rings (SSSR count). The monoisotopic (exact) mass is 821 g/mol. The molecule has 0 aliphatic rings. The fraction of sp³-hybridized carbons (Fsp3) is 0.164. The van der Waals surface area contributed by atoms with E-state index in [4.69, 9.17) is 18.9 Å². The highest BCUT2D eigenvalue weighted by atomic mass is 16.7. The van der Waals surface area contributed by atoms with E-state index in [0.717, 1.165) is 56.2 Å². The van der Waals surface area contributed by atoms with Crippen LogP contribution in [0.15, 0.2) is 170 Å². The summed E-state index contributed by atoms with van der Waals surface area (Å²) in [6.07, 6.45) is 1.64. The van der Waals surface area contributed by atoms with E-state index < -0.39 is 6.16 Å². The van der Waals surface area contributed by atoms with E-state index in [1.807, 2.05) is 55.5 Å². The van der Waals surface area contributed by atoms with Gasteiger partial charge in [-0.25, -0.2) is 4.79 Å². The van der Waals surface area contributed by atoms with Crippen molar-refractivity contribution in [3.63, 3.8) is 0 Å². The lowest BCUT2D eigenvalue weighted by Gasteiger charge is -2.26. The molecule has 62 heavy (non-hydrogen) atoms. The minimum atomic E-state index is -0.838. The molecule has 0 aliphatic heterocycles. The zero-order valence-corrected chi connectivity index (χ0v) is 36.1. The van der Waals surface area contributed by atoms with Crippen molar-refractivity contribution >= 4 is 40.8 Å². The lowest BCUT2D eigenvalue weighted by atomic mass is 9.78. The van der Waals surface area contributed by atoms with Crippen LogP contribution in [-0.2, 0) is 10.2 Å². The van der Waals surface area contributed by atoms with Crippen LogP contribution < -0.4 is 23.8 Å². The fourth-order valence-electron chi connectivity index (χ4n) is 7.12. The van der Waals surface area contributed by atoms with Crippen molar-refractivity contribution in [2.75, 3.05) is 11.5 Å². The van der Waals surface area contributed by atoms with E-state index in [-0.39, 0.29) is 11.4 Å². The molecule has 312 valence electrons. The molecule has 7 aromatic carbocycles. The van der Waals surface area contributed by atoms with Gasteiger partial charge < -0.3 is 23.8 Å². The maximum atomic E-state index is 13.0. The molecular weight excluding hydrogens is 771 g/mol. The molecule has 0 heterocycles. The number of ether oxygens (including phenoxy) is 4. The van der Waals surface area contributed by atoms with Gasteiger partial charge in [-0.15, -0.1) is 0 Å². The Kier molecular flexibility index (Phi) is 13.3. The number of rotatable bonds is 14. The highest BCUT2D eigenvalue weighted by molar-refractivity contribution is 5.92. The Balaban J connectivity index is 1.07. The molecule has 0 saturated heterocycles. The minimum absolute atomic E-state index is 0.274. The molecule has 7 heteroatoms. The molecule has 0 atom stereocenters. The number of nitrogens with zero attached hydrogens (tertiary/aromatic N) is 1. The second kappa shape index (κ2) is 19.3. The van der Waals surface area contributed by atoms with Crippen molar-refractivity contribution < 1.29 is 28.5 Å². The summed E-state index contributed by atoms with van der Waals surface area (Å²) < 4.78 is 22.3. The molecule has 0 radical (unpaired) electrons. The van der Waals surface area contributed by atoms with Gasteiger partial charge in [-0.3, -0.25) is 4.79 Å². The van der Waals surface area contributed by atoms with Crippen molar-refractivity contribution in [3.8, 4) is 23.0 Å². The maximum Gasteiger partial charge on any atom is 0.519 e. The molecule has 0 saturated carbocycles. The topological polar surface area (TPSA) is 74.3 Å². The molecular formula is C55H51NO6. The first-order valence-corrected chi connectivity index (χ1v) is 20.9. The zero-order chi connectivity index (χ0) is 43.6. The highest BCUT2D eigenvalue weighted by Crippen LogP contribution is 2.37. The van der Waals surface area contributed by atoms with Gasteiger partial charge in [0.1, 0.15) is 23.0 Å². The second-order valence-corrected chi connectivity index (χ2v) is 15.6. The van der Waals surface area contributed by atoms with Crippen molar-refractivity contribution in [3.05, 3.63) is 209 Å². The summed E-state index contributed by atoms with van der Waals surface area (Å²) in [4.78, 5) is 26.9. The quantitative estimate of drug-likeness (QED) is 0.0468. The van der Waals surface area contributed by atoms with Crippen LogP contribution in [-0.4, -0.2) is 18.7 Å². The summed E-state index contributed by atoms with van der Waals surface area (Å²) in [5, 5.41) is 0. The minimum Gasteiger partial charge on any atom is -0.494 e. The third-order valence-corrected chi connectivity index (χ3v) is 10.8. The fourth-order valence-corrected chi connectivity index (χ4v) is 7.12. The molecule has 0 aromatic heterocycles. The van der Waals surface area contributed by atoms with Crippen LogP contribution in [0, 0.1) is 13.8 Å². The van der Waals surface area contributed by atoms with E-state index in [1.165, 1.54) is 11.1 Å². The molecule has 7 nitrogen and oxygen atoms in total. The number of benzene rings is 7. The smallest absolute Gasteiger partial charge is 0.494 e. The van der Waals surface area contributed by atoms with Gasteiger partial charge in [0.25, 0.3) is 0 Å². The average molecular weight is 822 g/mol. The summed E-state index contributed by atoms with van der Waals surface area (Å²) in [6.45, 7) is 12.7. The maximum absolute atomic E-state index is 13.0. The van der Waals surface area contributed by atoms with Gasteiger partial charge in [0, 0.05) is 28.9 Å². The van der Waals surface area contributed by atoms with Gasteiger partial charge in [-0.2, -0.15) is 0 Å². The largest absolute Gasteiger partial charge is 0.519 e. The van der Waals surface area contributed by atoms with E-state index in [2.05, 4.69) is 124 Å². The van der Waals surface area contributed by atoms with Crippen LogP contribution >= 0.6 is 0 Å². The zero-order valence-electron chi connectivity index (χ0n) is 36.1. The summed E-state index contributed by atoms with van der Waals surface area (Å²) in [5.74, 6) is 1.76. The Bertz CT molecular complexity index is 2570. The van der Waals surface area contributed by atoms with Crippen LogP contribution in [0.3, 0.4) is 0 Å². The number of carbonyl (C=O) groups is 2. The van der Waals surface area contributed by atoms with E-state index >= 15 is 0 Å². The van der Waals surface area contributed by atoms with E-state index in [0.29, 0.717) is 30.3 Å². The van der Waals surface area contributed by atoms with Gasteiger partial charge in [0.05, 0.1) is 6.61 Å². The predicted octanol–water partition coefficient (Wildman–Crippen LogP) is 14.0. The van der Waals surface area contributed by atoms with Crippen molar-refractivity contribution in [1.29, 1.82) is 0 Å². The first kappa shape index (κ1) is 42.7. The van der Waals surface area contributed by atoms with Gasteiger partial charge >= 0.3 is 12.1 Å². The Hall–Kier alpha value is -7.38. The van der Waals surface area contributed by atoms with Crippen molar-refractivity contribution in [1.82, 2.24) is 0 Å². The van der Waals surface area contributed by atoms with Crippen molar-refractivity contribution in [2.24, 2.45) is 0 Å². The Morgan fingerprint density at radius 3 is 1.31 bits per heavy atom. The van der Waals surface area contributed by atoms with E-state index in [1.54, 1.807) is 43.3 Å². The summed E-state index contributed by atoms with van der Waals surface area (Å²) in [6, 6.07) is 56.0. The summed E-state index contributed by atoms with van der Waals surface area (Å²) in [7, 11) is 0. The van der Waals surface area contributed by atoms with Crippen LogP contribution in [0.4, 0.5) is 21.9 Å². The Labute approximate surface area is 364 Å². The average Bonchev–Trinajstić information content (AvgIpc) is 3.28. The highest BCUT2D eigenvalue weighted by Gasteiger charge is 2.24. The predicted molar refractivity (Wildman–Crippen MR) is 249 cm³/mol. The van der Waals surface area contributed by atoms with Gasteiger partial charge in [0.2, 0.25) is 0 Å². The molecule has 0 unspecified atom stereocenters. The molecule has 0 bridgehead atoms. The summed E-state index contributed by atoms with van der Waals surface area (Å²) >= 11 is 0. The van der Waals surface area contributed by atoms with Crippen LogP contribution in [0.1, 0.15) is 73.1 Å². The second-order valence-electron chi connectivity index (χ2n) is 15.6. The summed E-state index contributed by atoms with van der Waals surface area (Å²) in [5.41, 5.74) is 11.3. The lowest BCUT2D eigenvalue weighted by molar-refractivity contribution is -0.134. The molecule has 7 aromatic rings. The SMILES string of the molecule is CCOc1ccc(C(=Cc2ccc(N(c3ccc(C)cc3)c3ccc(C)cc3)cc2)c2ccc(OC(=O)Oc3ccc(C(C)(C)c4ccc(OC(=O)CC)cc4)cc3)cc2)cc1. The standard InChI is InChI=1S/C55H51NO6/c1-7-53(57)60-49-33-19-43(20-34-49)55(5,6)44-21-35-51(36-22-44)62-54(58)61-50-31-17-42(18-32-50)52(41-15-29-48(30-16-41)59-8-2)37-40-13-27-47(28-14-40)56(45-23-9-38(3)10-24-45)46-25-11-39(4)12-26-46/h9-37H,7-8H2,1-6H3. The number of hydrogen-bond donors (Lipinski definition) is 0. The lowest BCUT2D eigenvalue weighted by Crippen LogP contribution is -2.19. The number of anilines is 3. The first-order valence-electron chi connectivity index (χ1n) is 20.9. The molecule has 0 amide bonds. The van der Waals surface area contributed by atoms with Crippen molar-refractivity contribution in [2.45, 2.75) is 53.4 Å². The number of hydrogen-bond acceptors (Lipinski definition) is 7. The number of aryl methyl sites for hydroxylation is 2. The van der Waals surface area contributed by atoms with Gasteiger partial charge in [-0.05, 0) is 145 Å². The van der Waals surface area contributed by atoms with E-state index in [9.17, 15) is 9.59 Å².